The highest BCUT2D eigenvalue weighted by atomic mass is 35.5. The van der Waals surface area contributed by atoms with Crippen LogP contribution in [0.3, 0.4) is 0 Å². The van der Waals surface area contributed by atoms with Crippen molar-refractivity contribution in [2.24, 2.45) is 0 Å². The smallest absolute Gasteiger partial charge is 0.500 e. The number of rotatable bonds is 56. The summed E-state index contributed by atoms with van der Waals surface area (Å²) in [4.78, 5) is 19.7. The summed E-state index contributed by atoms with van der Waals surface area (Å²) >= 11 is 0. The molecule has 0 saturated carbocycles. The molecular formula is C56H139ClN2O28SSi7. The molecule has 0 aromatic rings. The molecule has 0 aliphatic heterocycles. The molecule has 0 heterocycles. The van der Waals surface area contributed by atoms with E-state index in [2.05, 4.69) is 34.2 Å². The molecule has 0 saturated heterocycles. The van der Waals surface area contributed by atoms with E-state index in [0.29, 0.717) is 91.1 Å². The molecular weight excluding hydrogens is 1410 g/mol. The average molecular weight is 1550 g/mol. The number of aliphatic hydroxyl groups is 8. The van der Waals surface area contributed by atoms with Gasteiger partial charge >= 0.3 is 52.1 Å². The van der Waals surface area contributed by atoms with Crippen molar-refractivity contribution in [3.05, 3.63) is 0 Å². The minimum Gasteiger partial charge on any atom is -1.00 e. The maximum Gasteiger partial charge on any atom is 0.500 e. The Morgan fingerprint density at radius 1 is 0.505 bits per heavy atom. The van der Waals surface area contributed by atoms with Crippen LogP contribution in [0.4, 0.5) is 0 Å². The van der Waals surface area contributed by atoms with E-state index in [1.54, 1.807) is 49.8 Å². The zero-order chi connectivity index (χ0) is 73.6. The van der Waals surface area contributed by atoms with Crippen molar-refractivity contribution in [1.29, 1.82) is 0 Å². The van der Waals surface area contributed by atoms with Crippen LogP contribution in [0.1, 0.15) is 87.0 Å². The Kier molecular flexibility index (Phi) is 69.6. The fourth-order valence-electron chi connectivity index (χ4n) is 8.73. The summed E-state index contributed by atoms with van der Waals surface area (Å²) < 4.78 is 113. The number of aliphatic hydroxyl groups excluding tert-OH is 8. The quantitative estimate of drug-likeness (QED) is 0.0146. The van der Waals surface area contributed by atoms with Gasteiger partial charge in [0.15, 0.2) is 0 Å². The summed E-state index contributed by atoms with van der Waals surface area (Å²) in [5, 5.41) is 75.4. The van der Waals surface area contributed by atoms with E-state index in [9.17, 15) is 34.0 Å². The molecule has 0 aliphatic rings. The maximum absolute atomic E-state index is 10.1. The Hall–Kier alpha value is 0.638. The number of hydrogen-bond acceptors (Lipinski definition) is 28. The van der Waals surface area contributed by atoms with E-state index in [-0.39, 0.29) is 44.2 Å². The van der Waals surface area contributed by atoms with Crippen LogP contribution in [0.25, 0.3) is 0 Å². The van der Waals surface area contributed by atoms with Gasteiger partial charge in [-0.3, -0.25) is 9.45 Å². The van der Waals surface area contributed by atoms with Crippen molar-refractivity contribution in [2.75, 3.05) is 182 Å². The summed E-state index contributed by atoms with van der Waals surface area (Å²) in [5.41, 5.74) is -1.15. The molecule has 0 radical (unpaired) electrons. The number of ether oxygens (including phenoxy) is 2. The van der Waals surface area contributed by atoms with Crippen LogP contribution in [0.15, 0.2) is 0 Å². The molecule has 0 rings (SSSR count). The third-order valence-corrected chi connectivity index (χ3v) is 33.6. The van der Waals surface area contributed by atoms with Gasteiger partial charge in [0, 0.05) is 140 Å². The summed E-state index contributed by atoms with van der Waals surface area (Å²) in [5.74, 6) is -0.406. The standard InChI is InChI=1S/C15H36O9Si2.C15H36O6Si2.C13H31NO5Si.C9H24NO3Si.C4H12O5SSi.ClH/c1-4-22-26(23-5-2,24-6-3)9-7-8-25-15(21)14(20)13(19)12(18)11(17)10-16;1-15(21-11-9-13-23(7,18-4)19-5)14-20-10-8-12-22(6,16-2)17-3;1-4-17-20(18-5-2,19-6-3)13-7-8-14(9-11-15)10-12-16;1-10(2,3)8-7-9-14(11-4,12-5)13-6;1-11(8,9)4-2-3-10(5,6)7;/h11-21H,4-10,25H2,1-3H3;15H,8-14H2,1-7H3;15-16H,4-13H2,1-3H3;7-9H2,1-6H3;8-9H,2-4H2,1H3,(H,5,6,7);1H/q;;;+1;;/p-1/t11-,12-,13+,14-,15?;;;;;/m0...../s1. The van der Waals surface area contributed by atoms with E-state index < -0.39 is 114 Å². The van der Waals surface area contributed by atoms with Gasteiger partial charge in [0.1, 0.15) is 24.4 Å². The first-order valence-electron chi connectivity index (χ1n) is 32.9. The molecule has 0 aromatic heterocycles. The van der Waals surface area contributed by atoms with E-state index >= 15 is 0 Å². The molecule has 6 atom stereocenters. The summed E-state index contributed by atoms with van der Waals surface area (Å²) in [6.07, 6.45) is -1.92. The highest BCUT2D eigenvalue weighted by Crippen LogP contribution is 2.22. The van der Waals surface area contributed by atoms with E-state index in [1.807, 2.05) is 53.4 Å². The van der Waals surface area contributed by atoms with Gasteiger partial charge in [-0.15, -0.1) is 0 Å². The third-order valence-electron chi connectivity index (χ3n) is 14.4. The van der Waals surface area contributed by atoms with Gasteiger partial charge in [-0.2, -0.15) is 8.42 Å². The van der Waals surface area contributed by atoms with Gasteiger partial charge in [-0.1, -0.05) is 12.5 Å². The van der Waals surface area contributed by atoms with E-state index in [0.717, 1.165) is 67.4 Å². The van der Waals surface area contributed by atoms with Gasteiger partial charge in [-0.05, 0) is 118 Å². The van der Waals surface area contributed by atoms with E-state index in [4.69, 9.17) is 96.5 Å². The van der Waals surface area contributed by atoms with Crippen LogP contribution < -0.4 is 12.4 Å². The number of nitrogens with zero attached hydrogens (tertiary/aromatic N) is 2. The predicted octanol–water partition coefficient (Wildman–Crippen LogP) is -1.32. The Morgan fingerprint density at radius 2 is 0.905 bits per heavy atom. The Balaban J connectivity index is -0.000000267. The topological polar surface area (TPSA) is 398 Å². The van der Waals surface area contributed by atoms with Crippen molar-refractivity contribution in [3.63, 3.8) is 0 Å². The zero-order valence-corrected chi connectivity index (χ0v) is 70.9. The van der Waals surface area contributed by atoms with Crippen molar-refractivity contribution in [1.82, 2.24) is 4.90 Å². The van der Waals surface area contributed by atoms with Crippen molar-refractivity contribution in [2.45, 2.75) is 185 Å². The van der Waals surface area contributed by atoms with E-state index in [1.165, 1.54) is 6.55 Å². The molecule has 0 fully saturated rings. The zero-order valence-electron chi connectivity index (χ0n) is 61.9. The first-order valence-corrected chi connectivity index (χ1v) is 49.8. The summed E-state index contributed by atoms with van der Waals surface area (Å²) in [6.45, 7) is 26.7. The third kappa shape index (κ3) is 58.7. The first kappa shape index (κ1) is 107. The van der Waals surface area contributed by atoms with Crippen LogP contribution in [0.5, 0.6) is 0 Å². The number of quaternary nitrogens is 1. The number of halogens is 1. The summed E-state index contributed by atoms with van der Waals surface area (Å²) in [7, 11) is -1.43. The Labute approximate surface area is 588 Å². The first-order chi connectivity index (χ1) is 43.9. The van der Waals surface area contributed by atoms with Crippen LogP contribution in [0.2, 0.25) is 61.9 Å². The van der Waals surface area contributed by atoms with Crippen molar-refractivity contribution < 1.29 is 147 Å². The lowest BCUT2D eigenvalue weighted by Gasteiger charge is -2.29. The lowest BCUT2D eigenvalue weighted by Crippen LogP contribution is -3.00. The molecule has 0 bridgehead atoms. The van der Waals surface area contributed by atoms with Gasteiger partial charge in [0.25, 0.3) is 10.1 Å². The lowest BCUT2D eigenvalue weighted by molar-refractivity contribution is -0.870. The Morgan fingerprint density at radius 3 is 1.25 bits per heavy atom. The fraction of sp³-hybridized carbons (Fsp3) is 1.00. The average Bonchev–Trinajstić information content (AvgIpc) is 1.34. The van der Waals surface area contributed by atoms with Crippen molar-refractivity contribution in [3.8, 4) is 0 Å². The highest BCUT2D eigenvalue weighted by molar-refractivity contribution is 7.85. The van der Waals surface area contributed by atoms with Crippen molar-refractivity contribution >= 4 is 71.7 Å². The molecule has 582 valence electrons. The van der Waals surface area contributed by atoms with Gasteiger partial charge in [0.05, 0.1) is 81.2 Å². The molecule has 30 nitrogen and oxygen atoms in total. The molecule has 0 aromatic carbocycles. The second-order valence-corrected chi connectivity index (χ2v) is 45.8. The van der Waals surface area contributed by atoms with Gasteiger partial charge in [0.2, 0.25) is 0 Å². The fourth-order valence-corrected chi connectivity index (χ4v) is 22.1. The maximum atomic E-state index is 10.1. The molecule has 39 heteroatoms. The molecule has 2 unspecified atom stereocenters. The largest absolute Gasteiger partial charge is 1.00 e. The van der Waals surface area contributed by atoms with Crippen LogP contribution in [-0.2, 0) is 77.1 Å². The van der Waals surface area contributed by atoms with Crippen LogP contribution in [-0.4, -0.2) is 353 Å². The van der Waals surface area contributed by atoms with Crippen LogP contribution >= 0.6 is 0 Å². The minimum absolute atomic E-state index is 0. The molecule has 0 spiro atoms. The second-order valence-electron chi connectivity index (χ2n) is 23.5. The molecule has 11 N–H and O–H groups in total. The monoisotopic (exact) mass is 1550 g/mol. The second kappa shape index (κ2) is 62.1. The molecule has 0 aliphatic carbocycles. The molecule has 95 heavy (non-hydrogen) atoms. The number of hydrogen-bond donors (Lipinski definition) is 11. The minimum atomic E-state index is -3.95. The summed E-state index contributed by atoms with van der Waals surface area (Å²) in [6, 6.07) is 4.84. The SMILES string of the molecule is CCO[Si](CCCN(CCO)CCO)(OCC)OCC.CCO[Si](CCC[SiH2]C(O)[C@@H](O)[C@H](O)[C@@H](O)[C@@H](O)CO)(OCC)OCC.CO[Si](C)(CCCOCC(C)OCCC[Si](C)(OC)OC)OC.CO[Si](CCC[N+](C)(C)C)(OC)OC.C[Si](O)(O)CCCS(=O)(=O)O.[Cl-]. The normalized spacial score (nSPS) is 14.7. The molecule has 0 amide bonds. The Bertz CT molecular complexity index is 1750. The van der Waals surface area contributed by atoms with Gasteiger partial charge < -0.3 is 134 Å². The lowest BCUT2D eigenvalue weighted by atomic mass is 10.0. The predicted molar refractivity (Wildman–Crippen MR) is 379 cm³/mol. The highest BCUT2D eigenvalue weighted by Gasteiger charge is 2.42. The van der Waals surface area contributed by atoms with Crippen LogP contribution in [0, 0.1) is 0 Å². The van der Waals surface area contributed by atoms with Gasteiger partial charge in [-0.25, -0.2) is 0 Å².